The molecule has 1 aliphatic heterocycles. The number of fused-ring (bicyclic) bond motifs is 1. The summed E-state index contributed by atoms with van der Waals surface area (Å²) in [6.45, 7) is 1.13. The molecule has 1 N–H and O–H groups in total. The summed E-state index contributed by atoms with van der Waals surface area (Å²) in [6, 6.07) is 12.3. The molecule has 3 nitrogen and oxygen atoms in total. The van der Waals surface area contributed by atoms with Crippen molar-refractivity contribution in [2.45, 2.75) is 12.8 Å². The lowest BCUT2D eigenvalue weighted by Gasteiger charge is -2.30. The van der Waals surface area contributed by atoms with Crippen LogP contribution in [0, 0.1) is 5.82 Å². The highest BCUT2D eigenvalue weighted by Crippen LogP contribution is 2.26. The Hall–Kier alpha value is -2.07. The highest BCUT2D eigenvalue weighted by atomic mass is 35.5. The molecule has 0 unspecified atom stereocenters. The lowest BCUT2D eigenvalue weighted by molar-refractivity contribution is -0.115. The summed E-state index contributed by atoms with van der Waals surface area (Å²) in [4.78, 5) is 14.3. The van der Waals surface area contributed by atoms with E-state index in [4.69, 9.17) is 11.6 Å². The molecule has 0 atom stereocenters. The molecule has 22 heavy (non-hydrogen) atoms. The van der Waals surface area contributed by atoms with Gasteiger partial charge in [0.1, 0.15) is 5.82 Å². The van der Waals surface area contributed by atoms with Gasteiger partial charge in [0.25, 0.3) is 0 Å². The summed E-state index contributed by atoms with van der Waals surface area (Å²) >= 11 is 5.72. The second-order valence-electron chi connectivity index (χ2n) is 5.33. The van der Waals surface area contributed by atoms with E-state index >= 15 is 0 Å². The number of nitrogens with zero attached hydrogens (tertiary/aromatic N) is 1. The number of carbonyl (C=O) groups excluding carboxylic acids is 1. The zero-order chi connectivity index (χ0) is 15.5. The lowest BCUT2D eigenvalue weighted by Crippen LogP contribution is -2.36. The Bertz CT molecular complexity index is 705. The number of carbonyl (C=O) groups is 1. The first-order chi connectivity index (χ1) is 10.6. The molecular formula is C17H16ClFN2O. The number of amides is 1. The Morgan fingerprint density at radius 2 is 2.09 bits per heavy atom. The van der Waals surface area contributed by atoms with Crippen LogP contribution in [0.4, 0.5) is 15.8 Å². The van der Waals surface area contributed by atoms with Gasteiger partial charge >= 0.3 is 0 Å². The standard InChI is InChI=1S/C17H16ClFN2O/c18-14-10-13(7-8-15(14)19)20-17(22)11-21-9-3-5-12-4-1-2-6-16(12)21/h1-2,4,6-8,10H,3,5,9,11H2,(H,20,22). The molecule has 0 spiro atoms. The van der Waals surface area contributed by atoms with Crippen molar-refractivity contribution in [1.82, 2.24) is 0 Å². The summed E-state index contributed by atoms with van der Waals surface area (Å²) < 4.78 is 13.1. The van der Waals surface area contributed by atoms with Crippen molar-refractivity contribution in [2.75, 3.05) is 23.3 Å². The van der Waals surface area contributed by atoms with Crippen LogP contribution in [0.2, 0.25) is 5.02 Å². The number of hydrogen-bond acceptors (Lipinski definition) is 2. The fraction of sp³-hybridized carbons (Fsp3) is 0.235. The van der Waals surface area contributed by atoms with Gasteiger partial charge in [0.15, 0.2) is 0 Å². The molecule has 2 aromatic carbocycles. The second kappa shape index (κ2) is 6.36. The van der Waals surface area contributed by atoms with E-state index in [1.54, 1.807) is 0 Å². The number of para-hydroxylation sites is 1. The molecule has 1 amide bonds. The van der Waals surface area contributed by atoms with Crippen LogP contribution in [0.25, 0.3) is 0 Å². The Morgan fingerprint density at radius 3 is 2.91 bits per heavy atom. The molecule has 0 radical (unpaired) electrons. The fourth-order valence-corrected chi connectivity index (χ4v) is 2.90. The summed E-state index contributed by atoms with van der Waals surface area (Å²) in [5, 5.41) is 2.76. The number of nitrogens with one attached hydrogen (secondary N) is 1. The van der Waals surface area contributed by atoms with Crippen molar-refractivity contribution in [3.63, 3.8) is 0 Å². The molecular weight excluding hydrogens is 303 g/mol. The van der Waals surface area contributed by atoms with Gasteiger partial charge in [-0.25, -0.2) is 4.39 Å². The van der Waals surface area contributed by atoms with E-state index in [0.29, 0.717) is 5.69 Å². The quantitative estimate of drug-likeness (QED) is 0.931. The van der Waals surface area contributed by atoms with Crippen LogP contribution >= 0.6 is 11.6 Å². The zero-order valence-electron chi connectivity index (χ0n) is 12.0. The molecule has 0 saturated heterocycles. The van der Waals surface area contributed by atoms with Gasteiger partial charge in [0.05, 0.1) is 11.6 Å². The Balaban J connectivity index is 1.69. The minimum Gasteiger partial charge on any atom is -0.362 e. The molecule has 5 heteroatoms. The van der Waals surface area contributed by atoms with Crippen molar-refractivity contribution in [3.05, 3.63) is 58.9 Å². The first kappa shape index (κ1) is 14.9. The molecule has 1 heterocycles. The summed E-state index contributed by atoms with van der Waals surface area (Å²) in [6.07, 6.45) is 2.08. The Labute approximate surface area is 133 Å². The maximum Gasteiger partial charge on any atom is 0.243 e. The summed E-state index contributed by atoms with van der Waals surface area (Å²) in [7, 11) is 0. The number of halogens is 2. The zero-order valence-corrected chi connectivity index (χ0v) is 12.7. The van der Waals surface area contributed by atoms with Gasteiger partial charge in [-0.2, -0.15) is 0 Å². The maximum atomic E-state index is 13.1. The molecule has 3 rings (SSSR count). The largest absolute Gasteiger partial charge is 0.362 e. The van der Waals surface area contributed by atoms with Crippen molar-refractivity contribution < 1.29 is 9.18 Å². The average Bonchev–Trinajstić information content (AvgIpc) is 2.51. The first-order valence-electron chi connectivity index (χ1n) is 7.21. The van der Waals surface area contributed by atoms with Gasteiger partial charge < -0.3 is 10.2 Å². The maximum absolute atomic E-state index is 13.1. The van der Waals surface area contributed by atoms with E-state index in [1.807, 2.05) is 18.2 Å². The van der Waals surface area contributed by atoms with Crippen LogP contribution < -0.4 is 10.2 Å². The fourth-order valence-electron chi connectivity index (χ4n) is 2.72. The molecule has 2 aromatic rings. The third kappa shape index (κ3) is 3.22. The Kier molecular flexibility index (Phi) is 4.29. The van der Waals surface area contributed by atoms with Crippen molar-refractivity contribution in [1.29, 1.82) is 0 Å². The highest BCUT2D eigenvalue weighted by molar-refractivity contribution is 6.31. The smallest absolute Gasteiger partial charge is 0.243 e. The predicted octanol–water partition coefficient (Wildman–Crippen LogP) is 3.87. The molecule has 1 aliphatic rings. The highest BCUT2D eigenvalue weighted by Gasteiger charge is 2.18. The van der Waals surface area contributed by atoms with Crippen LogP contribution in [0.15, 0.2) is 42.5 Å². The number of aryl methyl sites for hydroxylation is 1. The van der Waals surface area contributed by atoms with Crippen LogP contribution in [-0.2, 0) is 11.2 Å². The molecule has 0 aliphatic carbocycles. The van der Waals surface area contributed by atoms with E-state index in [0.717, 1.165) is 25.1 Å². The SMILES string of the molecule is O=C(CN1CCCc2ccccc21)Nc1ccc(F)c(Cl)c1. The van der Waals surface area contributed by atoms with Gasteiger partial charge in [-0.3, -0.25) is 4.79 Å². The summed E-state index contributed by atoms with van der Waals surface area (Å²) in [5.74, 6) is -0.635. The van der Waals surface area contributed by atoms with Crippen molar-refractivity contribution in [3.8, 4) is 0 Å². The number of benzene rings is 2. The van der Waals surface area contributed by atoms with E-state index in [-0.39, 0.29) is 17.5 Å². The van der Waals surface area contributed by atoms with Gasteiger partial charge in [-0.15, -0.1) is 0 Å². The van der Waals surface area contributed by atoms with E-state index in [1.165, 1.54) is 23.8 Å². The van der Waals surface area contributed by atoms with Crippen LogP contribution in [0.3, 0.4) is 0 Å². The van der Waals surface area contributed by atoms with E-state index in [9.17, 15) is 9.18 Å². The number of anilines is 2. The van der Waals surface area contributed by atoms with Gasteiger partial charge in [-0.1, -0.05) is 29.8 Å². The Morgan fingerprint density at radius 1 is 1.27 bits per heavy atom. The summed E-state index contributed by atoms with van der Waals surface area (Å²) in [5.41, 5.74) is 2.88. The minimum absolute atomic E-state index is 0.00104. The topological polar surface area (TPSA) is 32.3 Å². The second-order valence-corrected chi connectivity index (χ2v) is 5.74. The van der Waals surface area contributed by atoms with E-state index in [2.05, 4.69) is 16.3 Å². The van der Waals surface area contributed by atoms with Crippen molar-refractivity contribution in [2.24, 2.45) is 0 Å². The number of rotatable bonds is 3. The normalized spacial score (nSPS) is 13.6. The first-order valence-corrected chi connectivity index (χ1v) is 7.59. The number of hydrogen-bond donors (Lipinski definition) is 1. The molecule has 0 aromatic heterocycles. The van der Waals surface area contributed by atoms with Crippen molar-refractivity contribution >= 4 is 28.9 Å². The van der Waals surface area contributed by atoms with Crippen LogP contribution in [0.5, 0.6) is 0 Å². The third-order valence-corrected chi connectivity index (χ3v) is 4.03. The van der Waals surface area contributed by atoms with Crippen LogP contribution in [-0.4, -0.2) is 19.0 Å². The lowest BCUT2D eigenvalue weighted by atomic mass is 10.0. The van der Waals surface area contributed by atoms with Gasteiger partial charge in [0, 0.05) is 17.9 Å². The van der Waals surface area contributed by atoms with E-state index < -0.39 is 5.82 Å². The average molecular weight is 319 g/mol. The third-order valence-electron chi connectivity index (χ3n) is 3.74. The van der Waals surface area contributed by atoms with Gasteiger partial charge in [0.2, 0.25) is 5.91 Å². The van der Waals surface area contributed by atoms with Crippen LogP contribution in [0.1, 0.15) is 12.0 Å². The van der Waals surface area contributed by atoms with Gasteiger partial charge in [-0.05, 0) is 42.7 Å². The molecule has 114 valence electrons. The molecule has 0 bridgehead atoms. The predicted molar refractivity (Wildman–Crippen MR) is 87.0 cm³/mol. The molecule has 0 saturated carbocycles. The minimum atomic E-state index is -0.496. The molecule has 0 fully saturated rings. The monoisotopic (exact) mass is 318 g/mol.